The fourth-order valence-electron chi connectivity index (χ4n) is 2.43. The van der Waals surface area contributed by atoms with Crippen molar-refractivity contribution in [3.05, 3.63) is 66.1 Å². The van der Waals surface area contributed by atoms with Crippen molar-refractivity contribution < 1.29 is 4.74 Å². The zero-order valence-corrected chi connectivity index (χ0v) is 16.7. The Balaban J connectivity index is 1.76. The molecule has 2 aromatic heterocycles. The second-order valence-electron chi connectivity index (χ2n) is 5.94. The summed E-state index contributed by atoms with van der Waals surface area (Å²) in [7, 11) is 1.58. The van der Waals surface area contributed by atoms with E-state index in [1.54, 1.807) is 25.6 Å². The molecule has 0 saturated heterocycles. The van der Waals surface area contributed by atoms with E-state index in [0.29, 0.717) is 46.6 Å². The predicted molar refractivity (Wildman–Crippen MR) is 119 cm³/mol. The van der Waals surface area contributed by atoms with Gasteiger partial charge in [0.05, 0.1) is 18.4 Å². The third-order valence-corrected chi connectivity index (χ3v) is 4.09. The van der Waals surface area contributed by atoms with Crippen LogP contribution in [-0.2, 0) is 11.3 Å². The van der Waals surface area contributed by atoms with Crippen molar-refractivity contribution in [1.29, 1.82) is 0 Å². The molecule has 29 heavy (non-hydrogen) atoms. The van der Waals surface area contributed by atoms with Gasteiger partial charge in [-0.1, -0.05) is 30.3 Å². The standard InChI is InChI=1S/C20H21N7OS/c1-28-13-24-20(29)27-18-8-7-16-19(26-18)25-17(12-23-16)15(9-21)11-22-10-14-5-3-2-4-6-14/h2-9,11-12H,10,13,21H2,1H3,(H2,24,25,26,27,29). The number of pyridine rings is 1. The summed E-state index contributed by atoms with van der Waals surface area (Å²) in [6.07, 6.45) is 4.79. The fraction of sp³-hybridized carbons (Fsp3) is 0.150. The van der Waals surface area contributed by atoms with Gasteiger partial charge in [0.1, 0.15) is 18.1 Å². The Hall–Kier alpha value is -3.43. The quantitative estimate of drug-likeness (QED) is 0.311. The lowest BCUT2D eigenvalue weighted by Crippen LogP contribution is -2.30. The van der Waals surface area contributed by atoms with Crippen molar-refractivity contribution >= 4 is 46.1 Å². The zero-order valence-electron chi connectivity index (χ0n) is 15.9. The van der Waals surface area contributed by atoms with Gasteiger partial charge >= 0.3 is 0 Å². The molecule has 0 radical (unpaired) electrons. The van der Waals surface area contributed by atoms with E-state index in [0.717, 1.165) is 5.56 Å². The minimum Gasteiger partial charge on any atom is -0.404 e. The van der Waals surface area contributed by atoms with E-state index in [9.17, 15) is 0 Å². The smallest absolute Gasteiger partial charge is 0.180 e. The summed E-state index contributed by atoms with van der Waals surface area (Å²) in [6, 6.07) is 13.6. The van der Waals surface area contributed by atoms with Crippen LogP contribution in [0.15, 0.2) is 59.9 Å². The predicted octanol–water partition coefficient (Wildman–Crippen LogP) is 2.49. The maximum Gasteiger partial charge on any atom is 0.180 e. The van der Waals surface area contributed by atoms with Crippen LogP contribution in [0.25, 0.3) is 16.7 Å². The summed E-state index contributed by atoms with van der Waals surface area (Å²) in [6.45, 7) is 0.855. The zero-order chi connectivity index (χ0) is 20.5. The number of fused-ring (bicyclic) bond motifs is 1. The van der Waals surface area contributed by atoms with Crippen LogP contribution in [0.4, 0.5) is 5.82 Å². The fourth-order valence-corrected chi connectivity index (χ4v) is 2.60. The highest BCUT2D eigenvalue weighted by molar-refractivity contribution is 7.80. The number of nitrogens with one attached hydrogen (secondary N) is 2. The Bertz CT molecular complexity index is 1040. The Labute approximate surface area is 174 Å². The highest BCUT2D eigenvalue weighted by Crippen LogP contribution is 2.15. The van der Waals surface area contributed by atoms with Crippen molar-refractivity contribution in [2.24, 2.45) is 10.7 Å². The summed E-state index contributed by atoms with van der Waals surface area (Å²) in [4.78, 5) is 17.9. The maximum atomic E-state index is 5.78. The molecule has 2 heterocycles. The molecule has 0 unspecified atom stereocenters. The minimum atomic E-state index is 0.302. The summed E-state index contributed by atoms with van der Waals surface area (Å²) in [5.41, 5.74) is 9.27. The van der Waals surface area contributed by atoms with Gasteiger partial charge in [-0.25, -0.2) is 9.97 Å². The number of hydrogen-bond acceptors (Lipinski definition) is 7. The largest absolute Gasteiger partial charge is 0.404 e. The molecule has 0 saturated carbocycles. The number of methoxy groups -OCH3 is 1. The summed E-state index contributed by atoms with van der Waals surface area (Å²) in [5, 5.41) is 6.26. The molecule has 0 amide bonds. The van der Waals surface area contributed by atoms with Crippen LogP contribution in [0.5, 0.6) is 0 Å². The van der Waals surface area contributed by atoms with Gasteiger partial charge in [-0.2, -0.15) is 0 Å². The van der Waals surface area contributed by atoms with E-state index < -0.39 is 0 Å². The van der Waals surface area contributed by atoms with Crippen LogP contribution >= 0.6 is 12.2 Å². The van der Waals surface area contributed by atoms with Gasteiger partial charge in [-0.15, -0.1) is 0 Å². The van der Waals surface area contributed by atoms with Crippen LogP contribution in [0, 0.1) is 0 Å². The lowest BCUT2D eigenvalue weighted by molar-refractivity contribution is 0.192. The first-order valence-electron chi connectivity index (χ1n) is 8.83. The van der Waals surface area contributed by atoms with Crippen LogP contribution < -0.4 is 16.4 Å². The molecule has 1 aromatic carbocycles. The maximum absolute atomic E-state index is 5.78. The molecule has 0 aliphatic rings. The second kappa shape index (κ2) is 10.2. The molecule has 0 spiro atoms. The molecule has 3 rings (SSSR count). The van der Waals surface area contributed by atoms with E-state index >= 15 is 0 Å². The van der Waals surface area contributed by atoms with Crippen LogP contribution in [0.3, 0.4) is 0 Å². The van der Waals surface area contributed by atoms with Crippen LogP contribution in [-0.4, -0.2) is 40.1 Å². The van der Waals surface area contributed by atoms with Gasteiger partial charge in [0.15, 0.2) is 10.8 Å². The molecule has 8 nitrogen and oxygen atoms in total. The molecule has 0 bridgehead atoms. The Kier molecular flexibility index (Phi) is 7.15. The number of aliphatic imine (C=N–C) groups is 1. The SMILES string of the molecule is COCNC(=S)Nc1ccc2ncc(C(C=NCc3ccccc3)=CN)nc2n1. The topological polar surface area (TPSA) is 110 Å². The van der Waals surface area contributed by atoms with E-state index in [4.69, 9.17) is 22.7 Å². The molecular formula is C20H21N7OS. The molecule has 4 N–H and O–H groups in total. The number of anilines is 1. The van der Waals surface area contributed by atoms with Gasteiger partial charge in [0, 0.05) is 25.1 Å². The third-order valence-electron chi connectivity index (χ3n) is 3.85. The number of rotatable bonds is 7. The average Bonchev–Trinajstić information content (AvgIpc) is 2.75. The summed E-state index contributed by atoms with van der Waals surface area (Å²) < 4.78 is 4.92. The van der Waals surface area contributed by atoms with E-state index in [1.807, 2.05) is 36.4 Å². The lowest BCUT2D eigenvalue weighted by Gasteiger charge is -2.09. The van der Waals surface area contributed by atoms with Gasteiger partial charge in [0.2, 0.25) is 0 Å². The highest BCUT2D eigenvalue weighted by Gasteiger charge is 2.07. The van der Waals surface area contributed by atoms with Gasteiger partial charge in [-0.3, -0.25) is 9.98 Å². The Morgan fingerprint density at radius 1 is 1.21 bits per heavy atom. The lowest BCUT2D eigenvalue weighted by atomic mass is 10.2. The summed E-state index contributed by atoms with van der Waals surface area (Å²) in [5.74, 6) is 0.550. The molecule has 148 valence electrons. The van der Waals surface area contributed by atoms with Gasteiger partial charge in [-0.05, 0) is 29.9 Å². The molecule has 3 aromatic rings. The van der Waals surface area contributed by atoms with Crippen molar-refractivity contribution in [3.63, 3.8) is 0 Å². The second-order valence-corrected chi connectivity index (χ2v) is 6.34. The Morgan fingerprint density at radius 2 is 2.03 bits per heavy atom. The molecule has 0 atom stereocenters. The number of aromatic nitrogens is 3. The molecule has 0 aliphatic heterocycles. The normalized spacial score (nSPS) is 11.7. The molecule has 0 aliphatic carbocycles. The number of ether oxygens (including phenoxy) is 1. The van der Waals surface area contributed by atoms with E-state index in [-0.39, 0.29) is 0 Å². The number of nitrogens with zero attached hydrogens (tertiary/aromatic N) is 4. The monoisotopic (exact) mass is 407 g/mol. The van der Waals surface area contributed by atoms with E-state index in [2.05, 4.69) is 30.6 Å². The first-order chi connectivity index (χ1) is 14.2. The molecular weight excluding hydrogens is 386 g/mol. The van der Waals surface area contributed by atoms with Gasteiger partial charge < -0.3 is 21.1 Å². The molecule has 9 heteroatoms. The minimum absolute atomic E-state index is 0.302. The number of hydrogen-bond donors (Lipinski definition) is 3. The first-order valence-corrected chi connectivity index (χ1v) is 9.24. The number of allylic oxidation sites excluding steroid dienone is 1. The average molecular weight is 408 g/mol. The highest BCUT2D eigenvalue weighted by atomic mass is 32.1. The van der Waals surface area contributed by atoms with Crippen molar-refractivity contribution in [2.45, 2.75) is 6.54 Å². The van der Waals surface area contributed by atoms with Crippen LogP contribution in [0.1, 0.15) is 11.3 Å². The van der Waals surface area contributed by atoms with Gasteiger partial charge in [0.25, 0.3) is 0 Å². The first kappa shape index (κ1) is 20.3. The number of thiocarbonyl (C=S) groups is 1. The molecule has 0 fully saturated rings. The number of nitrogens with two attached hydrogens (primary N) is 1. The summed E-state index contributed by atoms with van der Waals surface area (Å²) >= 11 is 5.18. The third kappa shape index (κ3) is 5.77. The van der Waals surface area contributed by atoms with Crippen molar-refractivity contribution in [3.8, 4) is 0 Å². The van der Waals surface area contributed by atoms with Crippen LogP contribution in [0.2, 0.25) is 0 Å². The van der Waals surface area contributed by atoms with Crippen molar-refractivity contribution in [2.75, 3.05) is 19.2 Å². The Morgan fingerprint density at radius 3 is 2.79 bits per heavy atom. The van der Waals surface area contributed by atoms with E-state index in [1.165, 1.54) is 6.20 Å². The number of benzene rings is 1. The van der Waals surface area contributed by atoms with Crippen molar-refractivity contribution in [1.82, 2.24) is 20.3 Å².